The van der Waals surface area contributed by atoms with Gasteiger partial charge in [-0.1, -0.05) is 49.8 Å². The molecule has 1 aliphatic carbocycles. The molecular formula is C17H27N. The lowest BCUT2D eigenvalue weighted by molar-refractivity contribution is 0.841. The van der Waals surface area contributed by atoms with Crippen molar-refractivity contribution in [3.8, 4) is 0 Å². The van der Waals surface area contributed by atoms with Crippen molar-refractivity contribution >= 4 is 5.71 Å². The van der Waals surface area contributed by atoms with E-state index in [1.165, 1.54) is 18.6 Å². The maximum Gasteiger partial charge on any atom is 0.0425 e. The van der Waals surface area contributed by atoms with Crippen LogP contribution in [0.1, 0.15) is 58.8 Å². The highest BCUT2D eigenvalue weighted by Gasteiger charge is 2.00. The lowest BCUT2D eigenvalue weighted by atomic mass is 10.0. The molecule has 0 N–H and O–H groups in total. The van der Waals surface area contributed by atoms with Crippen LogP contribution in [0.2, 0.25) is 0 Å². The van der Waals surface area contributed by atoms with E-state index in [1.807, 2.05) is 0 Å². The van der Waals surface area contributed by atoms with Crippen molar-refractivity contribution in [3.05, 3.63) is 36.0 Å². The Kier molecular flexibility index (Phi) is 8.20. The molecule has 0 aromatic rings. The van der Waals surface area contributed by atoms with Crippen LogP contribution < -0.4 is 0 Å². The zero-order valence-corrected chi connectivity index (χ0v) is 12.0. The molecule has 0 saturated carbocycles. The maximum absolute atomic E-state index is 4.75. The van der Waals surface area contributed by atoms with Crippen LogP contribution >= 0.6 is 0 Å². The summed E-state index contributed by atoms with van der Waals surface area (Å²) in [5.74, 6) is 0. The Morgan fingerprint density at radius 1 is 1.33 bits per heavy atom. The van der Waals surface area contributed by atoms with E-state index in [9.17, 15) is 0 Å². The van der Waals surface area contributed by atoms with Crippen LogP contribution in [0.4, 0.5) is 0 Å². The number of allylic oxidation sites excluding steroid dienone is 5. The Hall–Kier alpha value is -1.11. The predicted molar refractivity (Wildman–Crippen MR) is 82.3 cm³/mol. The van der Waals surface area contributed by atoms with Gasteiger partial charge in [-0.2, -0.15) is 0 Å². The van der Waals surface area contributed by atoms with E-state index < -0.39 is 0 Å². The minimum atomic E-state index is 0.973. The van der Waals surface area contributed by atoms with Gasteiger partial charge in [-0.15, -0.1) is 0 Å². The van der Waals surface area contributed by atoms with Crippen molar-refractivity contribution in [2.24, 2.45) is 4.99 Å². The molecule has 1 aliphatic rings. The number of hydrogen-bond acceptors (Lipinski definition) is 1. The maximum atomic E-state index is 4.75. The van der Waals surface area contributed by atoms with Crippen molar-refractivity contribution < 1.29 is 0 Å². The van der Waals surface area contributed by atoms with Crippen LogP contribution in [-0.2, 0) is 0 Å². The molecule has 0 heterocycles. The number of aliphatic imine (C=N–C) groups is 1. The fraction of sp³-hybridized carbons (Fsp3) is 0.588. The molecule has 100 valence electrons. The molecule has 0 fully saturated rings. The van der Waals surface area contributed by atoms with Gasteiger partial charge in [0.1, 0.15) is 0 Å². The summed E-state index contributed by atoms with van der Waals surface area (Å²) in [7, 11) is 0. The number of hydrogen-bond donors (Lipinski definition) is 0. The summed E-state index contributed by atoms with van der Waals surface area (Å²) in [5, 5.41) is 0. The molecule has 1 rings (SSSR count). The van der Waals surface area contributed by atoms with Crippen molar-refractivity contribution in [2.75, 3.05) is 6.54 Å². The van der Waals surface area contributed by atoms with Crippen LogP contribution in [0, 0.1) is 0 Å². The first-order chi connectivity index (χ1) is 8.86. The van der Waals surface area contributed by atoms with Crippen molar-refractivity contribution in [3.63, 3.8) is 0 Å². The van der Waals surface area contributed by atoms with E-state index in [2.05, 4.69) is 44.2 Å². The molecule has 0 atom stereocenters. The quantitative estimate of drug-likeness (QED) is 0.409. The summed E-state index contributed by atoms with van der Waals surface area (Å²) in [6.07, 6.45) is 19.3. The lowest BCUT2D eigenvalue weighted by Gasteiger charge is -2.08. The Bertz CT molecular complexity index is 332. The van der Waals surface area contributed by atoms with Gasteiger partial charge in [-0.05, 0) is 44.9 Å². The van der Waals surface area contributed by atoms with Crippen LogP contribution in [0.15, 0.2) is 40.9 Å². The first-order valence-electron chi connectivity index (χ1n) is 7.38. The highest BCUT2D eigenvalue weighted by molar-refractivity contribution is 5.84. The van der Waals surface area contributed by atoms with Gasteiger partial charge in [-0.3, -0.25) is 4.99 Å². The van der Waals surface area contributed by atoms with Crippen molar-refractivity contribution in [1.29, 1.82) is 0 Å². The molecule has 1 nitrogen and oxygen atoms in total. The lowest BCUT2D eigenvalue weighted by Crippen LogP contribution is -1.99. The summed E-state index contributed by atoms with van der Waals surface area (Å²) in [6.45, 7) is 5.36. The summed E-state index contributed by atoms with van der Waals surface area (Å²) < 4.78 is 0. The molecule has 0 aromatic carbocycles. The summed E-state index contributed by atoms with van der Waals surface area (Å²) in [4.78, 5) is 4.75. The van der Waals surface area contributed by atoms with Gasteiger partial charge in [0, 0.05) is 12.3 Å². The third-order valence-electron chi connectivity index (χ3n) is 3.28. The molecule has 0 saturated heterocycles. The van der Waals surface area contributed by atoms with E-state index in [0.29, 0.717) is 0 Å². The average Bonchev–Trinajstić information content (AvgIpc) is 2.42. The predicted octanol–water partition coefficient (Wildman–Crippen LogP) is 5.25. The third-order valence-corrected chi connectivity index (χ3v) is 3.28. The standard InChI is InChI=1S/C17H27N/c1-3-5-6-10-13-17(4-2)18-15-14-16-11-8-7-9-12-16/h5-8,11H,3-4,9-10,12-15H2,1-2H3/b6-5+,18-17?. The van der Waals surface area contributed by atoms with Crippen LogP contribution in [0.5, 0.6) is 0 Å². The second-order valence-corrected chi connectivity index (χ2v) is 4.76. The van der Waals surface area contributed by atoms with E-state index in [0.717, 1.165) is 38.6 Å². The second kappa shape index (κ2) is 9.87. The topological polar surface area (TPSA) is 12.4 Å². The van der Waals surface area contributed by atoms with Gasteiger partial charge >= 0.3 is 0 Å². The van der Waals surface area contributed by atoms with E-state index in [-0.39, 0.29) is 0 Å². The molecule has 0 amide bonds. The number of nitrogens with zero attached hydrogens (tertiary/aromatic N) is 1. The van der Waals surface area contributed by atoms with Crippen LogP contribution in [-0.4, -0.2) is 12.3 Å². The fourth-order valence-electron chi connectivity index (χ4n) is 2.12. The molecule has 18 heavy (non-hydrogen) atoms. The van der Waals surface area contributed by atoms with Gasteiger partial charge in [0.05, 0.1) is 0 Å². The van der Waals surface area contributed by atoms with Gasteiger partial charge in [0.25, 0.3) is 0 Å². The molecule has 0 spiro atoms. The molecule has 0 aromatic heterocycles. The Morgan fingerprint density at radius 2 is 2.22 bits per heavy atom. The average molecular weight is 245 g/mol. The van der Waals surface area contributed by atoms with Gasteiger partial charge in [-0.25, -0.2) is 0 Å². The minimum absolute atomic E-state index is 0.973. The third kappa shape index (κ3) is 6.58. The van der Waals surface area contributed by atoms with Gasteiger partial charge in [0.2, 0.25) is 0 Å². The monoisotopic (exact) mass is 245 g/mol. The highest BCUT2D eigenvalue weighted by atomic mass is 14.7. The SMILES string of the molecule is CC/C=C/CCC(CC)=NCCC1=CC=CCC1. The zero-order valence-electron chi connectivity index (χ0n) is 12.0. The van der Waals surface area contributed by atoms with E-state index >= 15 is 0 Å². The van der Waals surface area contributed by atoms with Crippen molar-refractivity contribution in [2.45, 2.75) is 58.8 Å². The van der Waals surface area contributed by atoms with Gasteiger partial charge in [0.15, 0.2) is 0 Å². The number of rotatable bonds is 8. The Labute approximate surface area is 112 Å². The second-order valence-electron chi connectivity index (χ2n) is 4.76. The molecule has 0 aliphatic heterocycles. The van der Waals surface area contributed by atoms with Crippen LogP contribution in [0.3, 0.4) is 0 Å². The van der Waals surface area contributed by atoms with E-state index in [4.69, 9.17) is 4.99 Å². The molecule has 0 unspecified atom stereocenters. The zero-order chi connectivity index (χ0) is 13.1. The normalized spacial score (nSPS) is 16.3. The molecular weight excluding hydrogens is 218 g/mol. The largest absolute Gasteiger partial charge is 0.294 e. The van der Waals surface area contributed by atoms with Gasteiger partial charge < -0.3 is 0 Å². The first kappa shape index (κ1) is 14.9. The van der Waals surface area contributed by atoms with Crippen molar-refractivity contribution in [1.82, 2.24) is 0 Å². The smallest absolute Gasteiger partial charge is 0.0425 e. The fourth-order valence-corrected chi connectivity index (χ4v) is 2.12. The first-order valence-corrected chi connectivity index (χ1v) is 7.38. The summed E-state index contributed by atoms with van der Waals surface area (Å²) >= 11 is 0. The Balaban J connectivity index is 2.26. The Morgan fingerprint density at radius 3 is 2.89 bits per heavy atom. The molecule has 0 bridgehead atoms. The molecule has 1 heteroatoms. The highest BCUT2D eigenvalue weighted by Crippen LogP contribution is 2.15. The van der Waals surface area contributed by atoms with Crippen LogP contribution in [0.25, 0.3) is 0 Å². The van der Waals surface area contributed by atoms with E-state index in [1.54, 1.807) is 5.57 Å². The summed E-state index contributed by atoms with van der Waals surface area (Å²) in [5.41, 5.74) is 2.94. The minimum Gasteiger partial charge on any atom is -0.294 e. The summed E-state index contributed by atoms with van der Waals surface area (Å²) in [6, 6.07) is 0. The molecule has 0 radical (unpaired) electrons.